The molecule has 1 unspecified atom stereocenters. The molecular weight excluding hydrogens is 261 g/mol. The molecule has 0 aliphatic heterocycles. The van der Waals surface area contributed by atoms with Gasteiger partial charge in [-0.3, -0.25) is 0 Å². The number of aliphatic hydroxyl groups excluding tert-OH is 1. The molecule has 0 saturated heterocycles. The van der Waals surface area contributed by atoms with Crippen molar-refractivity contribution in [3.63, 3.8) is 0 Å². The Balaban J connectivity index is 2.00. The fourth-order valence-electron chi connectivity index (χ4n) is 2.30. The van der Waals surface area contributed by atoms with Crippen LogP contribution in [-0.2, 0) is 12.8 Å². The van der Waals surface area contributed by atoms with E-state index in [-0.39, 0.29) is 6.42 Å². The fraction of sp³-hybridized carbons (Fsp3) is 0.692. The standard InChI is InChI=1S/C13H17F3OS/c14-13(15,16)7-6-10(17)12-8-9-4-2-1-3-5-11(9)18-12/h8,10,17H,1-7H2. The van der Waals surface area contributed by atoms with Gasteiger partial charge < -0.3 is 5.11 Å². The van der Waals surface area contributed by atoms with Gasteiger partial charge in [0.25, 0.3) is 0 Å². The zero-order chi connectivity index (χ0) is 13.2. The van der Waals surface area contributed by atoms with Gasteiger partial charge in [-0.05, 0) is 43.7 Å². The van der Waals surface area contributed by atoms with Crippen LogP contribution >= 0.6 is 11.3 Å². The molecule has 1 aliphatic carbocycles. The minimum atomic E-state index is -4.19. The number of hydrogen-bond donors (Lipinski definition) is 1. The summed E-state index contributed by atoms with van der Waals surface area (Å²) in [5.41, 5.74) is 1.23. The average molecular weight is 278 g/mol. The third-order valence-corrected chi connectivity index (χ3v) is 4.63. The Morgan fingerprint density at radius 2 is 1.94 bits per heavy atom. The average Bonchev–Trinajstić information content (AvgIpc) is 2.57. The molecule has 1 aliphatic rings. The van der Waals surface area contributed by atoms with Crippen LogP contribution in [0.25, 0.3) is 0 Å². The van der Waals surface area contributed by atoms with E-state index >= 15 is 0 Å². The highest BCUT2D eigenvalue weighted by atomic mass is 32.1. The van der Waals surface area contributed by atoms with E-state index in [0.717, 1.165) is 25.7 Å². The Hall–Kier alpha value is -0.550. The molecule has 1 aromatic rings. The van der Waals surface area contributed by atoms with Crippen LogP contribution in [0, 0.1) is 0 Å². The highest BCUT2D eigenvalue weighted by Crippen LogP contribution is 2.35. The third-order valence-electron chi connectivity index (χ3n) is 3.30. The van der Waals surface area contributed by atoms with Crippen LogP contribution in [0.4, 0.5) is 13.2 Å². The molecule has 0 fully saturated rings. The molecule has 0 radical (unpaired) electrons. The van der Waals surface area contributed by atoms with Gasteiger partial charge >= 0.3 is 6.18 Å². The molecule has 0 bridgehead atoms. The Morgan fingerprint density at radius 1 is 1.22 bits per heavy atom. The predicted molar refractivity (Wildman–Crippen MR) is 65.8 cm³/mol. The first-order valence-corrected chi connectivity index (χ1v) is 7.13. The van der Waals surface area contributed by atoms with E-state index in [1.54, 1.807) is 0 Å². The first-order chi connectivity index (χ1) is 8.46. The van der Waals surface area contributed by atoms with Crippen LogP contribution < -0.4 is 0 Å². The van der Waals surface area contributed by atoms with Crippen LogP contribution in [0.3, 0.4) is 0 Å². The first kappa shape index (κ1) is 13.9. The summed E-state index contributed by atoms with van der Waals surface area (Å²) in [5, 5.41) is 9.81. The first-order valence-electron chi connectivity index (χ1n) is 6.32. The highest BCUT2D eigenvalue weighted by Gasteiger charge is 2.29. The van der Waals surface area contributed by atoms with Crippen molar-refractivity contribution in [3.05, 3.63) is 21.4 Å². The van der Waals surface area contributed by atoms with E-state index < -0.39 is 18.7 Å². The molecule has 1 N–H and O–H groups in total. The van der Waals surface area contributed by atoms with Gasteiger partial charge in [0.15, 0.2) is 0 Å². The lowest BCUT2D eigenvalue weighted by Crippen LogP contribution is -2.09. The van der Waals surface area contributed by atoms with Gasteiger partial charge in [-0.15, -0.1) is 11.3 Å². The topological polar surface area (TPSA) is 20.2 Å². The number of aliphatic hydroxyl groups is 1. The van der Waals surface area contributed by atoms with E-state index in [2.05, 4.69) is 0 Å². The zero-order valence-electron chi connectivity index (χ0n) is 10.1. The number of fused-ring (bicyclic) bond motifs is 1. The SMILES string of the molecule is OC(CCC(F)(F)F)c1cc2c(s1)CCCCC2. The van der Waals surface area contributed by atoms with Crippen LogP contribution in [0.2, 0.25) is 0 Å². The second kappa shape index (κ2) is 5.61. The second-order valence-corrected chi connectivity index (χ2v) is 6.00. The quantitative estimate of drug-likeness (QED) is 0.813. The largest absolute Gasteiger partial charge is 0.389 e. The summed E-state index contributed by atoms with van der Waals surface area (Å²) in [6, 6.07) is 1.91. The van der Waals surface area contributed by atoms with E-state index in [1.807, 2.05) is 6.07 Å². The summed E-state index contributed by atoms with van der Waals surface area (Å²) >= 11 is 1.49. The van der Waals surface area contributed by atoms with E-state index in [9.17, 15) is 18.3 Å². The monoisotopic (exact) mass is 278 g/mol. The smallest absolute Gasteiger partial charge is 0.388 e. The molecular formula is C13H17F3OS. The molecule has 1 atom stereocenters. The summed E-state index contributed by atoms with van der Waals surface area (Å²) in [6.07, 6.45) is -0.803. The maximum Gasteiger partial charge on any atom is 0.389 e. The molecule has 102 valence electrons. The van der Waals surface area contributed by atoms with Gasteiger partial charge in [0.05, 0.1) is 6.10 Å². The van der Waals surface area contributed by atoms with Crippen molar-refractivity contribution < 1.29 is 18.3 Å². The summed E-state index contributed by atoms with van der Waals surface area (Å²) in [5.74, 6) is 0. The van der Waals surface area contributed by atoms with Crippen molar-refractivity contribution in [1.82, 2.24) is 0 Å². The van der Waals surface area contributed by atoms with E-state index in [0.29, 0.717) is 4.88 Å². The van der Waals surface area contributed by atoms with Crippen molar-refractivity contribution in [2.24, 2.45) is 0 Å². The van der Waals surface area contributed by atoms with Crippen LogP contribution in [-0.4, -0.2) is 11.3 Å². The van der Waals surface area contributed by atoms with Gasteiger partial charge in [0, 0.05) is 16.2 Å². The number of aryl methyl sites for hydroxylation is 2. The van der Waals surface area contributed by atoms with E-state index in [4.69, 9.17) is 0 Å². The minimum Gasteiger partial charge on any atom is -0.388 e. The van der Waals surface area contributed by atoms with Crippen LogP contribution in [0.5, 0.6) is 0 Å². The van der Waals surface area contributed by atoms with Gasteiger partial charge in [0.2, 0.25) is 0 Å². The number of rotatable bonds is 3. The molecule has 1 heterocycles. The minimum absolute atomic E-state index is 0.233. The number of thiophene rings is 1. The van der Waals surface area contributed by atoms with Crippen molar-refractivity contribution in [1.29, 1.82) is 0 Å². The fourth-order valence-corrected chi connectivity index (χ4v) is 3.58. The van der Waals surface area contributed by atoms with Gasteiger partial charge in [-0.2, -0.15) is 13.2 Å². The van der Waals surface area contributed by atoms with Crippen molar-refractivity contribution in [2.75, 3.05) is 0 Å². The third kappa shape index (κ3) is 3.72. The van der Waals surface area contributed by atoms with E-state index in [1.165, 1.54) is 28.2 Å². The molecule has 5 heteroatoms. The van der Waals surface area contributed by atoms with Crippen molar-refractivity contribution >= 4 is 11.3 Å². The summed E-state index contributed by atoms with van der Waals surface area (Å²) in [4.78, 5) is 1.96. The van der Waals surface area contributed by atoms with Gasteiger partial charge in [-0.1, -0.05) is 6.42 Å². The lowest BCUT2D eigenvalue weighted by Gasteiger charge is -2.10. The Labute approximate surface area is 109 Å². The lowest BCUT2D eigenvalue weighted by molar-refractivity contribution is -0.140. The summed E-state index contributed by atoms with van der Waals surface area (Å²) < 4.78 is 36.3. The molecule has 0 amide bonds. The van der Waals surface area contributed by atoms with Crippen LogP contribution in [0.15, 0.2) is 6.07 Å². The molecule has 1 aromatic heterocycles. The molecule has 0 saturated carbocycles. The summed E-state index contributed by atoms with van der Waals surface area (Å²) in [7, 11) is 0. The maximum atomic E-state index is 12.1. The van der Waals surface area contributed by atoms with Crippen molar-refractivity contribution in [2.45, 2.75) is 57.2 Å². The zero-order valence-corrected chi connectivity index (χ0v) is 10.9. The lowest BCUT2D eigenvalue weighted by atomic mass is 10.1. The van der Waals surface area contributed by atoms with Crippen LogP contribution in [0.1, 0.15) is 53.5 Å². The number of halogens is 3. The number of hydrogen-bond acceptors (Lipinski definition) is 2. The molecule has 18 heavy (non-hydrogen) atoms. The Morgan fingerprint density at radius 3 is 2.67 bits per heavy atom. The molecule has 0 spiro atoms. The molecule has 1 nitrogen and oxygen atoms in total. The Bertz CT molecular complexity index is 374. The predicted octanol–water partition coefficient (Wildman–Crippen LogP) is 4.39. The Kier molecular flexibility index (Phi) is 4.33. The highest BCUT2D eigenvalue weighted by molar-refractivity contribution is 7.12. The molecule has 0 aromatic carbocycles. The van der Waals surface area contributed by atoms with Gasteiger partial charge in [0.1, 0.15) is 0 Å². The second-order valence-electron chi connectivity index (χ2n) is 4.83. The summed E-state index contributed by atoms with van der Waals surface area (Å²) in [6.45, 7) is 0. The van der Waals surface area contributed by atoms with Gasteiger partial charge in [-0.25, -0.2) is 0 Å². The number of alkyl halides is 3. The normalized spacial score (nSPS) is 18.2. The molecule has 2 rings (SSSR count). The van der Waals surface area contributed by atoms with Crippen molar-refractivity contribution in [3.8, 4) is 0 Å². The maximum absolute atomic E-state index is 12.1.